The highest BCUT2D eigenvalue weighted by Gasteiger charge is 2.51. The van der Waals surface area contributed by atoms with E-state index in [9.17, 15) is 14.0 Å². The summed E-state index contributed by atoms with van der Waals surface area (Å²) >= 11 is 1.33. The fourth-order valence-electron chi connectivity index (χ4n) is 4.27. The van der Waals surface area contributed by atoms with Gasteiger partial charge in [-0.1, -0.05) is 30.3 Å². The van der Waals surface area contributed by atoms with Gasteiger partial charge in [-0.25, -0.2) is 4.39 Å². The maximum Gasteiger partial charge on any atom is 0.230 e. The molecule has 0 unspecified atom stereocenters. The lowest BCUT2D eigenvalue weighted by atomic mass is 9.95. The van der Waals surface area contributed by atoms with E-state index in [4.69, 9.17) is 4.74 Å². The van der Waals surface area contributed by atoms with E-state index >= 15 is 0 Å². The molecule has 2 aliphatic rings. The quantitative estimate of drug-likeness (QED) is 0.560. The summed E-state index contributed by atoms with van der Waals surface area (Å²) in [5.74, 6) is 0.315. The summed E-state index contributed by atoms with van der Waals surface area (Å²) in [7, 11) is 0. The van der Waals surface area contributed by atoms with E-state index in [1.54, 1.807) is 6.07 Å². The third-order valence-electron chi connectivity index (χ3n) is 6.08. The molecule has 1 N–H and O–H groups in total. The predicted octanol–water partition coefficient (Wildman–Crippen LogP) is 4.91. The first-order chi connectivity index (χ1) is 15.0. The summed E-state index contributed by atoms with van der Waals surface area (Å²) < 4.78 is 20.4. The van der Waals surface area contributed by atoms with Crippen molar-refractivity contribution in [3.8, 4) is 16.2 Å². The van der Waals surface area contributed by atoms with Crippen LogP contribution < -0.4 is 10.1 Å². The van der Waals surface area contributed by atoms with Gasteiger partial charge in [0.15, 0.2) is 5.78 Å². The lowest BCUT2D eigenvalue weighted by Gasteiger charge is -2.18. The Hall–Kier alpha value is -2.99. The van der Waals surface area contributed by atoms with Crippen molar-refractivity contribution in [3.63, 3.8) is 0 Å². The summed E-state index contributed by atoms with van der Waals surface area (Å²) in [6.45, 7) is 1.88. The Morgan fingerprint density at radius 3 is 2.61 bits per heavy atom. The molecule has 158 valence electrons. The van der Waals surface area contributed by atoms with E-state index in [0.29, 0.717) is 29.2 Å². The topological polar surface area (TPSA) is 55.4 Å². The van der Waals surface area contributed by atoms with Gasteiger partial charge in [0.2, 0.25) is 5.91 Å². The van der Waals surface area contributed by atoms with Crippen LogP contribution in [0.2, 0.25) is 0 Å². The number of carbonyl (C=O) groups is 2. The van der Waals surface area contributed by atoms with Crippen LogP contribution in [0.5, 0.6) is 5.75 Å². The molecule has 2 aromatic carbocycles. The molecule has 0 spiro atoms. The number of hydrogen-bond donors (Lipinski definition) is 1. The number of amides is 1. The van der Waals surface area contributed by atoms with E-state index in [1.165, 1.54) is 30.4 Å². The molecular weight excluding hydrogens is 413 g/mol. The first-order valence-electron chi connectivity index (χ1n) is 10.4. The fourth-order valence-corrected chi connectivity index (χ4v) is 5.18. The van der Waals surface area contributed by atoms with Crippen LogP contribution in [-0.4, -0.2) is 24.3 Å². The Morgan fingerprint density at radius 2 is 1.94 bits per heavy atom. The van der Waals surface area contributed by atoms with E-state index in [1.807, 2.05) is 36.4 Å². The molecule has 31 heavy (non-hydrogen) atoms. The number of fused-ring (bicyclic) bond motifs is 1. The first-order valence-corrected chi connectivity index (χ1v) is 11.2. The molecule has 1 amide bonds. The van der Waals surface area contributed by atoms with E-state index in [-0.39, 0.29) is 23.6 Å². The third-order valence-corrected chi connectivity index (χ3v) is 7.30. The summed E-state index contributed by atoms with van der Waals surface area (Å²) in [6.07, 6.45) is 1.98. The molecule has 0 radical (unpaired) electrons. The summed E-state index contributed by atoms with van der Waals surface area (Å²) in [5.41, 5.74) is 2.07. The number of benzene rings is 2. The number of ether oxygens (including phenoxy) is 1. The number of carbonyl (C=O) groups excluding carboxylic acids is 2. The number of nitrogens with one attached hydrogen (secondary N) is 1. The van der Waals surface area contributed by atoms with Crippen LogP contribution in [0.1, 0.15) is 40.6 Å². The van der Waals surface area contributed by atoms with Crippen molar-refractivity contribution in [2.75, 3.05) is 6.54 Å². The number of ketones is 1. The molecule has 4 nitrogen and oxygen atoms in total. The molecule has 1 atom stereocenters. The fraction of sp³-hybridized carbons (Fsp3) is 0.280. The highest BCUT2D eigenvalue weighted by molar-refractivity contribution is 7.17. The molecule has 1 saturated carbocycles. The molecule has 6 heteroatoms. The lowest BCUT2D eigenvalue weighted by molar-refractivity contribution is -0.123. The summed E-state index contributed by atoms with van der Waals surface area (Å²) in [5, 5.41) is 3.05. The van der Waals surface area contributed by atoms with E-state index in [2.05, 4.69) is 5.32 Å². The number of rotatable bonds is 6. The van der Waals surface area contributed by atoms with Crippen molar-refractivity contribution in [2.45, 2.75) is 37.7 Å². The van der Waals surface area contributed by atoms with Gasteiger partial charge in [0, 0.05) is 22.4 Å². The van der Waals surface area contributed by atoms with Crippen molar-refractivity contribution >= 4 is 23.0 Å². The lowest BCUT2D eigenvalue weighted by Crippen LogP contribution is -2.40. The average molecular weight is 436 g/mol. The zero-order valence-corrected chi connectivity index (χ0v) is 17.9. The van der Waals surface area contributed by atoms with Crippen molar-refractivity contribution in [1.29, 1.82) is 0 Å². The number of Topliss-reactive ketones (excluding diaryl/α,β-unsaturated/α-hetero) is 1. The SMILES string of the molecule is CC(=O)c1ccc(-c2cc(F)cc3c2O[C@H](CNC(=O)C2(c4ccccc4)CC2)C3)s1. The van der Waals surface area contributed by atoms with Gasteiger partial charge in [0.05, 0.1) is 16.8 Å². The van der Waals surface area contributed by atoms with Gasteiger partial charge < -0.3 is 10.1 Å². The molecule has 3 aromatic rings. The van der Waals surface area contributed by atoms with Crippen molar-refractivity contribution in [2.24, 2.45) is 0 Å². The largest absolute Gasteiger partial charge is 0.487 e. The Morgan fingerprint density at radius 1 is 1.16 bits per heavy atom. The minimum Gasteiger partial charge on any atom is -0.487 e. The number of halogens is 1. The standard InChI is InChI=1S/C25H22FNO3S/c1-15(28)21-7-8-22(31-21)20-13-18(26)11-16-12-19(30-23(16)20)14-27-24(29)25(9-10-25)17-5-3-2-4-6-17/h2-8,11,13,19H,9-10,12,14H2,1H3,(H,27,29)/t19-/m0/s1. The van der Waals surface area contributed by atoms with Crippen molar-refractivity contribution in [3.05, 3.63) is 76.4 Å². The minimum atomic E-state index is -0.427. The van der Waals surface area contributed by atoms with Crippen LogP contribution in [0, 0.1) is 5.82 Å². The smallest absolute Gasteiger partial charge is 0.230 e. The van der Waals surface area contributed by atoms with Gasteiger partial charge in [0.25, 0.3) is 0 Å². The molecule has 1 aliphatic heterocycles. The van der Waals surface area contributed by atoms with Gasteiger partial charge in [-0.05, 0) is 49.6 Å². The van der Waals surface area contributed by atoms with Gasteiger partial charge in [-0.15, -0.1) is 11.3 Å². The maximum absolute atomic E-state index is 14.3. The van der Waals surface area contributed by atoms with E-state index < -0.39 is 5.41 Å². The third kappa shape index (κ3) is 3.65. The Bertz CT molecular complexity index is 1170. The summed E-state index contributed by atoms with van der Waals surface area (Å²) in [4.78, 5) is 26.0. The zero-order valence-electron chi connectivity index (χ0n) is 17.1. The van der Waals surface area contributed by atoms with Crippen LogP contribution >= 0.6 is 11.3 Å². The first kappa shape index (κ1) is 19.9. The molecule has 2 heterocycles. The second kappa shape index (κ2) is 7.61. The van der Waals surface area contributed by atoms with Crippen molar-refractivity contribution < 1.29 is 18.7 Å². The molecule has 0 bridgehead atoms. The average Bonchev–Trinajstić information content (AvgIpc) is 3.24. The van der Waals surface area contributed by atoms with Gasteiger partial charge in [-0.3, -0.25) is 9.59 Å². The van der Waals surface area contributed by atoms with E-state index in [0.717, 1.165) is 28.8 Å². The minimum absolute atomic E-state index is 0.0155. The van der Waals surface area contributed by atoms with Crippen LogP contribution in [0.3, 0.4) is 0 Å². The van der Waals surface area contributed by atoms with Gasteiger partial charge in [-0.2, -0.15) is 0 Å². The van der Waals surface area contributed by atoms with Gasteiger partial charge >= 0.3 is 0 Å². The van der Waals surface area contributed by atoms with Crippen LogP contribution in [-0.2, 0) is 16.6 Å². The Labute approximate surface area is 184 Å². The number of thiophene rings is 1. The monoisotopic (exact) mass is 435 g/mol. The molecule has 1 aliphatic carbocycles. The Balaban J connectivity index is 1.31. The molecular formula is C25H22FNO3S. The summed E-state index contributed by atoms with van der Waals surface area (Å²) in [6, 6.07) is 16.4. The van der Waals surface area contributed by atoms with Gasteiger partial charge in [0.1, 0.15) is 17.7 Å². The highest BCUT2D eigenvalue weighted by Crippen LogP contribution is 2.48. The normalized spacial score (nSPS) is 18.2. The predicted molar refractivity (Wildman–Crippen MR) is 118 cm³/mol. The molecule has 1 fully saturated rings. The zero-order chi connectivity index (χ0) is 21.6. The molecule has 5 rings (SSSR count). The van der Waals surface area contributed by atoms with Crippen LogP contribution in [0.4, 0.5) is 4.39 Å². The van der Waals surface area contributed by atoms with Crippen LogP contribution in [0.25, 0.3) is 10.4 Å². The second-order valence-corrected chi connectivity index (χ2v) is 9.35. The maximum atomic E-state index is 14.3. The van der Waals surface area contributed by atoms with Crippen molar-refractivity contribution in [1.82, 2.24) is 5.32 Å². The molecule has 0 saturated heterocycles. The second-order valence-electron chi connectivity index (χ2n) is 8.26. The highest BCUT2D eigenvalue weighted by atomic mass is 32.1. The van der Waals surface area contributed by atoms with Crippen LogP contribution in [0.15, 0.2) is 54.6 Å². The Kier molecular flexibility index (Phi) is 4.89. The number of hydrogen-bond acceptors (Lipinski definition) is 4. The molecule has 1 aromatic heterocycles.